The molecular formula is C14H23N3. The predicted molar refractivity (Wildman–Crippen MR) is 72.2 cm³/mol. The van der Waals surface area contributed by atoms with Gasteiger partial charge in [-0.25, -0.2) is 4.98 Å². The minimum absolute atomic E-state index is 0.522. The highest BCUT2D eigenvalue weighted by Gasteiger charge is 2.19. The van der Waals surface area contributed by atoms with Crippen molar-refractivity contribution in [2.45, 2.75) is 39.8 Å². The largest absolute Gasteiger partial charge is 0.356 e. The van der Waals surface area contributed by atoms with Gasteiger partial charge in [-0.15, -0.1) is 0 Å². The van der Waals surface area contributed by atoms with E-state index in [1.165, 1.54) is 12.0 Å². The van der Waals surface area contributed by atoms with E-state index in [-0.39, 0.29) is 0 Å². The SMILES string of the molecule is CC1CCN(c2ccc(CNC(C)C)cn2)C1. The maximum atomic E-state index is 4.56. The summed E-state index contributed by atoms with van der Waals surface area (Å²) in [7, 11) is 0. The second-order valence-corrected chi connectivity index (χ2v) is 5.40. The van der Waals surface area contributed by atoms with E-state index in [0.29, 0.717) is 6.04 Å². The van der Waals surface area contributed by atoms with Crippen molar-refractivity contribution in [3.05, 3.63) is 23.9 Å². The molecule has 0 saturated carbocycles. The average molecular weight is 233 g/mol. The van der Waals surface area contributed by atoms with Crippen LogP contribution in [-0.2, 0) is 6.54 Å². The maximum Gasteiger partial charge on any atom is 0.128 e. The van der Waals surface area contributed by atoms with Gasteiger partial charge in [-0.2, -0.15) is 0 Å². The molecule has 1 aromatic rings. The lowest BCUT2D eigenvalue weighted by Crippen LogP contribution is -2.22. The van der Waals surface area contributed by atoms with E-state index < -0.39 is 0 Å². The van der Waals surface area contributed by atoms with Gasteiger partial charge < -0.3 is 10.2 Å². The van der Waals surface area contributed by atoms with E-state index in [1.54, 1.807) is 0 Å². The van der Waals surface area contributed by atoms with Gasteiger partial charge in [0.25, 0.3) is 0 Å². The summed E-state index contributed by atoms with van der Waals surface area (Å²) < 4.78 is 0. The Morgan fingerprint density at radius 1 is 1.47 bits per heavy atom. The van der Waals surface area contributed by atoms with Gasteiger partial charge in [0, 0.05) is 31.9 Å². The Labute approximate surface area is 104 Å². The number of hydrogen-bond donors (Lipinski definition) is 1. The topological polar surface area (TPSA) is 28.2 Å². The van der Waals surface area contributed by atoms with E-state index in [9.17, 15) is 0 Å². The zero-order chi connectivity index (χ0) is 12.3. The molecule has 3 heteroatoms. The molecule has 0 bridgehead atoms. The first-order chi connectivity index (χ1) is 8.15. The van der Waals surface area contributed by atoms with Crippen LogP contribution in [0.25, 0.3) is 0 Å². The smallest absolute Gasteiger partial charge is 0.128 e. The molecule has 0 spiro atoms. The molecule has 0 aliphatic carbocycles. The second-order valence-electron chi connectivity index (χ2n) is 5.40. The zero-order valence-corrected chi connectivity index (χ0v) is 11.1. The third-order valence-electron chi connectivity index (χ3n) is 3.27. The highest BCUT2D eigenvalue weighted by molar-refractivity contribution is 5.40. The number of rotatable bonds is 4. The van der Waals surface area contributed by atoms with Crippen molar-refractivity contribution < 1.29 is 0 Å². The van der Waals surface area contributed by atoms with Crippen LogP contribution in [0.1, 0.15) is 32.8 Å². The molecule has 0 amide bonds. The summed E-state index contributed by atoms with van der Waals surface area (Å²) in [4.78, 5) is 6.94. The summed E-state index contributed by atoms with van der Waals surface area (Å²) in [6.45, 7) is 9.83. The molecule has 1 aliphatic rings. The summed E-state index contributed by atoms with van der Waals surface area (Å²) in [6, 6.07) is 4.85. The fraction of sp³-hybridized carbons (Fsp3) is 0.643. The molecule has 2 heterocycles. The molecule has 1 N–H and O–H groups in total. The van der Waals surface area contributed by atoms with Gasteiger partial charge in [-0.1, -0.05) is 26.8 Å². The lowest BCUT2D eigenvalue weighted by Gasteiger charge is -2.17. The predicted octanol–water partition coefficient (Wildman–Crippen LogP) is 2.43. The van der Waals surface area contributed by atoms with E-state index in [4.69, 9.17) is 0 Å². The number of pyridine rings is 1. The number of anilines is 1. The van der Waals surface area contributed by atoms with Gasteiger partial charge in [0.15, 0.2) is 0 Å². The third-order valence-corrected chi connectivity index (χ3v) is 3.27. The van der Waals surface area contributed by atoms with Gasteiger partial charge in [0.1, 0.15) is 5.82 Å². The molecule has 1 saturated heterocycles. The molecule has 1 unspecified atom stereocenters. The second kappa shape index (κ2) is 5.50. The molecule has 1 aromatic heterocycles. The third kappa shape index (κ3) is 3.43. The lowest BCUT2D eigenvalue weighted by atomic mass is 10.2. The molecule has 1 fully saturated rings. The van der Waals surface area contributed by atoms with E-state index in [1.807, 2.05) is 6.20 Å². The Balaban J connectivity index is 1.93. The Kier molecular flexibility index (Phi) is 4.00. The highest BCUT2D eigenvalue weighted by atomic mass is 15.2. The van der Waals surface area contributed by atoms with Crippen molar-refractivity contribution in [2.24, 2.45) is 5.92 Å². The van der Waals surface area contributed by atoms with E-state index in [0.717, 1.165) is 31.4 Å². The molecule has 1 aliphatic heterocycles. The Morgan fingerprint density at radius 3 is 2.82 bits per heavy atom. The molecule has 17 heavy (non-hydrogen) atoms. The van der Waals surface area contributed by atoms with Crippen LogP contribution in [0.15, 0.2) is 18.3 Å². The number of aromatic nitrogens is 1. The lowest BCUT2D eigenvalue weighted by molar-refractivity contribution is 0.588. The van der Waals surface area contributed by atoms with Crippen molar-refractivity contribution in [1.29, 1.82) is 0 Å². The fourth-order valence-corrected chi connectivity index (χ4v) is 2.17. The standard InChI is InChI=1S/C14H23N3/c1-11(2)15-8-13-4-5-14(16-9-13)17-7-6-12(3)10-17/h4-5,9,11-12,15H,6-8,10H2,1-3H3. The number of hydrogen-bond acceptors (Lipinski definition) is 3. The van der Waals surface area contributed by atoms with Crippen LogP contribution in [0.4, 0.5) is 5.82 Å². The van der Waals surface area contributed by atoms with Crippen LogP contribution >= 0.6 is 0 Å². The first kappa shape index (κ1) is 12.4. The van der Waals surface area contributed by atoms with Crippen molar-refractivity contribution >= 4 is 5.82 Å². The van der Waals surface area contributed by atoms with Crippen molar-refractivity contribution in [1.82, 2.24) is 10.3 Å². The van der Waals surface area contributed by atoms with Crippen LogP contribution in [0, 0.1) is 5.92 Å². The molecule has 0 aromatic carbocycles. The van der Waals surface area contributed by atoms with Crippen molar-refractivity contribution in [3.8, 4) is 0 Å². The fourth-order valence-electron chi connectivity index (χ4n) is 2.17. The van der Waals surface area contributed by atoms with Crippen molar-refractivity contribution in [2.75, 3.05) is 18.0 Å². The summed E-state index contributed by atoms with van der Waals surface area (Å²) >= 11 is 0. The molecular weight excluding hydrogens is 210 g/mol. The van der Waals surface area contributed by atoms with Crippen LogP contribution in [0.3, 0.4) is 0 Å². The molecule has 1 atom stereocenters. The van der Waals surface area contributed by atoms with Crippen LogP contribution in [0.2, 0.25) is 0 Å². The van der Waals surface area contributed by atoms with E-state index in [2.05, 4.69) is 48.1 Å². The molecule has 3 nitrogen and oxygen atoms in total. The Bertz CT molecular complexity index is 345. The summed E-state index contributed by atoms with van der Waals surface area (Å²) in [5.41, 5.74) is 1.26. The maximum absolute atomic E-state index is 4.56. The van der Waals surface area contributed by atoms with E-state index >= 15 is 0 Å². The minimum atomic E-state index is 0.522. The van der Waals surface area contributed by atoms with Gasteiger partial charge in [0.05, 0.1) is 0 Å². The molecule has 0 radical (unpaired) electrons. The summed E-state index contributed by atoms with van der Waals surface area (Å²) in [5.74, 6) is 1.93. The number of nitrogens with one attached hydrogen (secondary N) is 1. The zero-order valence-electron chi connectivity index (χ0n) is 11.1. The van der Waals surface area contributed by atoms with Gasteiger partial charge in [-0.3, -0.25) is 0 Å². The Hall–Kier alpha value is -1.09. The normalized spacial score (nSPS) is 20.2. The first-order valence-corrected chi connectivity index (χ1v) is 6.58. The monoisotopic (exact) mass is 233 g/mol. The molecule has 94 valence electrons. The average Bonchev–Trinajstić information content (AvgIpc) is 2.74. The Morgan fingerprint density at radius 2 is 2.29 bits per heavy atom. The summed E-state index contributed by atoms with van der Waals surface area (Å²) in [5, 5.41) is 3.40. The number of nitrogens with zero attached hydrogens (tertiary/aromatic N) is 2. The van der Waals surface area contributed by atoms with Gasteiger partial charge in [0.2, 0.25) is 0 Å². The minimum Gasteiger partial charge on any atom is -0.356 e. The quantitative estimate of drug-likeness (QED) is 0.865. The first-order valence-electron chi connectivity index (χ1n) is 6.58. The van der Waals surface area contributed by atoms with Gasteiger partial charge in [-0.05, 0) is 24.0 Å². The summed E-state index contributed by atoms with van der Waals surface area (Å²) in [6.07, 6.45) is 3.28. The van der Waals surface area contributed by atoms with Crippen LogP contribution < -0.4 is 10.2 Å². The van der Waals surface area contributed by atoms with Crippen molar-refractivity contribution in [3.63, 3.8) is 0 Å². The molecule has 2 rings (SSSR count). The van der Waals surface area contributed by atoms with Gasteiger partial charge >= 0.3 is 0 Å². The van der Waals surface area contributed by atoms with Crippen LogP contribution in [-0.4, -0.2) is 24.1 Å². The highest BCUT2D eigenvalue weighted by Crippen LogP contribution is 2.21. The van der Waals surface area contributed by atoms with Crippen LogP contribution in [0.5, 0.6) is 0 Å².